The number of aliphatic hydroxyl groups is 2. The van der Waals surface area contributed by atoms with Crippen LogP contribution in [0.4, 0.5) is 0 Å². The fourth-order valence-corrected chi connectivity index (χ4v) is 5.89. The Kier molecular flexibility index (Phi) is 3.14. The van der Waals surface area contributed by atoms with Crippen LogP contribution in [0.1, 0.15) is 49.3 Å². The maximum Gasteiger partial charge on any atom is 0.294 e. The summed E-state index contributed by atoms with van der Waals surface area (Å²) >= 11 is 0. The third-order valence-electron chi connectivity index (χ3n) is 6.81. The molecular weight excluding hydrogens is 350 g/mol. The third kappa shape index (κ3) is 1.69. The lowest BCUT2D eigenvalue weighted by molar-refractivity contribution is -0.442. The number of carbonyl (C=O) groups excluding carboxylic acids is 1. The molecule has 0 aromatic heterocycles. The second-order valence-electron chi connectivity index (χ2n) is 8.07. The van der Waals surface area contributed by atoms with Crippen LogP contribution < -0.4 is 5.32 Å². The van der Waals surface area contributed by atoms with E-state index < -0.39 is 28.1 Å². The Morgan fingerprint density at radius 1 is 1.33 bits per heavy atom. The van der Waals surface area contributed by atoms with Crippen molar-refractivity contribution >= 4 is 5.78 Å². The van der Waals surface area contributed by atoms with Gasteiger partial charge in [0.1, 0.15) is 11.2 Å². The fourth-order valence-electron chi connectivity index (χ4n) is 5.89. The maximum absolute atomic E-state index is 13.3. The van der Waals surface area contributed by atoms with Crippen molar-refractivity contribution in [3.05, 3.63) is 57.0 Å². The van der Waals surface area contributed by atoms with Crippen LogP contribution in [0.3, 0.4) is 0 Å². The molecule has 2 aliphatic heterocycles. The second-order valence-corrected chi connectivity index (χ2v) is 8.07. The minimum Gasteiger partial charge on any atom is -0.387 e. The monoisotopic (exact) mass is 371 g/mol. The summed E-state index contributed by atoms with van der Waals surface area (Å²) in [7, 11) is 0. The van der Waals surface area contributed by atoms with Crippen LogP contribution in [-0.2, 0) is 4.79 Å². The van der Waals surface area contributed by atoms with Crippen LogP contribution in [0.5, 0.6) is 0 Å². The first-order valence-corrected chi connectivity index (χ1v) is 9.29. The van der Waals surface area contributed by atoms with Gasteiger partial charge >= 0.3 is 0 Å². The summed E-state index contributed by atoms with van der Waals surface area (Å²) in [5.41, 5.74) is -2.42. The number of nitro groups is 1. The first-order chi connectivity index (χ1) is 12.8. The fraction of sp³-hybridized carbons (Fsp3) is 0.526. The zero-order chi connectivity index (χ0) is 19.1. The van der Waals surface area contributed by atoms with E-state index in [0.717, 1.165) is 0 Å². The minimum atomic E-state index is -1.67. The van der Waals surface area contributed by atoms with Crippen molar-refractivity contribution in [2.75, 3.05) is 6.54 Å². The molecule has 8 nitrogen and oxygen atoms in total. The van der Waals surface area contributed by atoms with Crippen LogP contribution in [0.2, 0.25) is 0 Å². The second kappa shape index (κ2) is 5.08. The van der Waals surface area contributed by atoms with E-state index >= 15 is 0 Å². The molecule has 5 rings (SSSR count). The number of carbonyl (C=O) groups is 1. The van der Waals surface area contributed by atoms with Crippen molar-refractivity contribution < 1.29 is 19.9 Å². The standard InChI is InChI=1S/C19H21N3O5/c1-10-9-21-17(20-10)15(22(26)27)14-11-5-2-3-6-12(11)16(24)19(14)13(23)7-4-8-18(19,21)25/h2-3,5-6,10,14,16,20,24-25H,4,7-9H2,1H3/t10-,14+,16-,18+,19-/m1/s1. The molecule has 1 saturated heterocycles. The number of nitrogens with zero attached hydrogens (tertiary/aromatic N) is 2. The topological polar surface area (TPSA) is 116 Å². The molecule has 3 N–H and O–H groups in total. The van der Waals surface area contributed by atoms with Gasteiger partial charge in [-0.2, -0.15) is 0 Å². The first-order valence-electron chi connectivity index (χ1n) is 9.29. The van der Waals surface area contributed by atoms with Crippen LogP contribution >= 0.6 is 0 Å². The molecule has 0 bridgehead atoms. The Balaban J connectivity index is 1.90. The summed E-state index contributed by atoms with van der Waals surface area (Å²) in [4.78, 5) is 26.6. The van der Waals surface area contributed by atoms with E-state index in [1.807, 2.05) is 6.92 Å². The largest absolute Gasteiger partial charge is 0.387 e. The van der Waals surface area contributed by atoms with Crippen LogP contribution in [0.15, 0.2) is 35.8 Å². The molecule has 0 unspecified atom stereocenters. The number of allylic oxidation sites excluding steroid dienone is 1. The van der Waals surface area contributed by atoms with Crippen molar-refractivity contribution in [1.29, 1.82) is 0 Å². The van der Waals surface area contributed by atoms with Crippen molar-refractivity contribution in [3.8, 4) is 0 Å². The quantitative estimate of drug-likeness (QED) is 0.498. The summed E-state index contributed by atoms with van der Waals surface area (Å²) in [5, 5.41) is 38.5. The van der Waals surface area contributed by atoms with E-state index in [1.54, 1.807) is 29.2 Å². The van der Waals surface area contributed by atoms with E-state index in [0.29, 0.717) is 24.1 Å². The van der Waals surface area contributed by atoms with E-state index in [-0.39, 0.29) is 36.2 Å². The van der Waals surface area contributed by atoms with E-state index in [2.05, 4.69) is 5.32 Å². The Bertz CT molecular complexity index is 914. The number of benzene rings is 1. The molecule has 2 fully saturated rings. The highest BCUT2D eigenvalue weighted by atomic mass is 16.6. The highest BCUT2D eigenvalue weighted by Gasteiger charge is 2.77. The molecule has 0 amide bonds. The van der Waals surface area contributed by atoms with Crippen LogP contribution in [-0.4, -0.2) is 44.1 Å². The summed E-state index contributed by atoms with van der Waals surface area (Å²) < 4.78 is 0. The van der Waals surface area contributed by atoms with Gasteiger partial charge < -0.3 is 20.4 Å². The van der Waals surface area contributed by atoms with Gasteiger partial charge in [-0.1, -0.05) is 24.3 Å². The maximum atomic E-state index is 13.3. The van der Waals surface area contributed by atoms with Crippen LogP contribution in [0, 0.1) is 15.5 Å². The molecule has 2 heterocycles. The molecule has 1 saturated carbocycles. The van der Waals surface area contributed by atoms with Gasteiger partial charge in [0.05, 0.1) is 16.9 Å². The lowest BCUT2D eigenvalue weighted by Gasteiger charge is -2.57. The number of aliphatic hydroxyl groups excluding tert-OH is 1. The molecule has 5 atom stereocenters. The Labute approximate surface area is 155 Å². The van der Waals surface area contributed by atoms with Gasteiger partial charge in [-0.3, -0.25) is 14.9 Å². The third-order valence-corrected chi connectivity index (χ3v) is 6.81. The predicted octanol–water partition coefficient (Wildman–Crippen LogP) is 0.998. The SMILES string of the molecule is C[C@@H]1CN2C(=C([N+](=O)[O-])[C@@H]3c4ccccc4[C@@H](O)[C@@]34C(=O)CCC[C@@]24O)N1. The number of rotatable bonds is 1. The number of hydrogen-bond acceptors (Lipinski definition) is 7. The highest BCUT2D eigenvalue weighted by molar-refractivity contribution is 5.91. The van der Waals surface area contributed by atoms with Gasteiger partial charge in [-0.05, 0) is 30.9 Å². The van der Waals surface area contributed by atoms with Gasteiger partial charge in [0.2, 0.25) is 0 Å². The molecular formula is C19H21N3O5. The number of Topliss-reactive ketones (excluding diaryl/α,β-unsaturated/α-hetero) is 1. The first kappa shape index (κ1) is 16.7. The zero-order valence-corrected chi connectivity index (χ0v) is 14.9. The van der Waals surface area contributed by atoms with Crippen molar-refractivity contribution in [3.63, 3.8) is 0 Å². The van der Waals surface area contributed by atoms with Gasteiger partial charge in [0.25, 0.3) is 5.70 Å². The lowest BCUT2D eigenvalue weighted by Crippen LogP contribution is -2.69. The molecule has 0 radical (unpaired) electrons. The van der Waals surface area contributed by atoms with Crippen molar-refractivity contribution in [2.24, 2.45) is 5.41 Å². The van der Waals surface area contributed by atoms with E-state index in [9.17, 15) is 25.1 Å². The number of ketones is 1. The summed E-state index contributed by atoms with van der Waals surface area (Å²) in [6.07, 6.45) is -0.327. The van der Waals surface area contributed by atoms with Gasteiger partial charge in [-0.15, -0.1) is 0 Å². The Morgan fingerprint density at radius 3 is 2.74 bits per heavy atom. The Hall–Kier alpha value is -2.45. The zero-order valence-electron chi connectivity index (χ0n) is 14.9. The van der Waals surface area contributed by atoms with Crippen molar-refractivity contribution in [2.45, 2.75) is 50.0 Å². The minimum absolute atomic E-state index is 0.112. The average Bonchev–Trinajstić information content (AvgIpc) is 3.13. The molecule has 2 aliphatic carbocycles. The normalized spacial score (nSPS) is 39.4. The number of fused-ring (bicyclic) bond motifs is 4. The average molecular weight is 371 g/mol. The lowest BCUT2D eigenvalue weighted by atomic mass is 9.56. The Morgan fingerprint density at radius 2 is 2.04 bits per heavy atom. The van der Waals surface area contributed by atoms with Gasteiger partial charge in [0, 0.05) is 19.0 Å². The molecule has 1 spiro atoms. The van der Waals surface area contributed by atoms with E-state index in [1.165, 1.54) is 0 Å². The van der Waals surface area contributed by atoms with Crippen LogP contribution in [0.25, 0.3) is 0 Å². The molecule has 27 heavy (non-hydrogen) atoms. The molecule has 8 heteroatoms. The van der Waals surface area contributed by atoms with E-state index in [4.69, 9.17) is 0 Å². The summed E-state index contributed by atoms with van der Waals surface area (Å²) in [5.74, 6) is -1.02. The molecule has 142 valence electrons. The predicted molar refractivity (Wildman–Crippen MR) is 93.7 cm³/mol. The highest BCUT2D eigenvalue weighted by Crippen LogP contribution is 2.69. The summed E-state index contributed by atoms with van der Waals surface area (Å²) in [6, 6.07) is 6.79. The summed E-state index contributed by atoms with van der Waals surface area (Å²) in [6.45, 7) is 2.22. The molecule has 1 aromatic rings. The number of hydrogen-bond donors (Lipinski definition) is 3. The van der Waals surface area contributed by atoms with Gasteiger partial charge in [-0.25, -0.2) is 0 Å². The molecule has 1 aromatic carbocycles. The smallest absolute Gasteiger partial charge is 0.294 e. The van der Waals surface area contributed by atoms with Gasteiger partial charge in [0.15, 0.2) is 11.5 Å². The van der Waals surface area contributed by atoms with Crippen molar-refractivity contribution in [1.82, 2.24) is 10.2 Å². The number of nitrogens with one attached hydrogen (secondary N) is 1. The molecule has 4 aliphatic rings.